The summed E-state index contributed by atoms with van der Waals surface area (Å²) in [6.07, 6.45) is 3.32. The molecule has 1 fully saturated rings. The highest BCUT2D eigenvalue weighted by atomic mass is 35.5. The lowest BCUT2D eigenvalue weighted by Crippen LogP contribution is -2.56. The van der Waals surface area contributed by atoms with Crippen LogP contribution in [-0.4, -0.2) is 42.9 Å². The summed E-state index contributed by atoms with van der Waals surface area (Å²) < 4.78 is 27.7. The molecule has 0 radical (unpaired) electrons. The average molecular weight is 342 g/mol. The van der Waals surface area contributed by atoms with Crippen molar-refractivity contribution in [3.8, 4) is 0 Å². The van der Waals surface area contributed by atoms with Crippen LogP contribution in [0.5, 0.6) is 0 Å². The number of fused-ring (bicyclic) bond motifs is 1. The molecule has 2 unspecified atom stereocenters. The number of halogens is 1. The summed E-state index contributed by atoms with van der Waals surface area (Å²) in [5, 5.41) is 4.88. The van der Waals surface area contributed by atoms with Crippen LogP contribution in [0.3, 0.4) is 0 Å². The first-order valence-corrected chi connectivity index (χ1v) is 8.52. The molecule has 2 atom stereocenters. The molecule has 7 heteroatoms. The monoisotopic (exact) mass is 341 g/mol. The van der Waals surface area contributed by atoms with Crippen molar-refractivity contribution in [1.29, 1.82) is 0 Å². The Hall–Kier alpha value is -1.21. The van der Waals surface area contributed by atoms with E-state index in [1.165, 1.54) is 0 Å². The number of rotatable bonds is 2. The van der Waals surface area contributed by atoms with Crippen molar-refractivity contribution in [2.45, 2.75) is 30.8 Å². The molecule has 0 aliphatic carbocycles. The molecule has 1 N–H and O–H groups in total. The van der Waals surface area contributed by atoms with Crippen molar-refractivity contribution >= 4 is 33.2 Å². The van der Waals surface area contributed by atoms with Gasteiger partial charge >= 0.3 is 0 Å². The van der Waals surface area contributed by atoms with E-state index in [9.17, 15) is 8.42 Å². The molecule has 0 spiro atoms. The molecule has 0 amide bonds. The zero-order valence-corrected chi connectivity index (χ0v) is 14.2. The standard InChI is InChI=1S/C15H19N3O2S.ClH/c1-11-10-18(12(2)8-17-11)21(19,20)15-5-3-4-13-9-16-7-6-14(13)15;/h3-7,9,11-12,17H,8,10H2,1-2H3;1H. The third kappa shape index (κ3) is 2.96. The Bertz CT molecular complexity index is 761. The zero-order valence-electron chi connectivity index (χ0n) is 12.6. The number of nitrogens with zero attached hydrogens (tertiary/aromatic N) is 2. The van der Waals surface area contributed by atoms with E-state index in [1.54, 1.807) is 34.9 Å². The van der Waals surface area contributed by atoms with Gasteiger partial charge in [0.05, 0.1) is 4.90 Å². The third-order valence-corrected chi connectivity index (χ3v) is 5.97. The highest BCUT2D eigenvalue weighted by molar-refractivity contribution is 7.89. The van der Waals surface area contributed by atoms with Crippen molar-refractivity contribution in [3.05, 3.63) is 36.7 Å². The number of nitrogens with one attached hydrogen (secondary N) is 1. The van der Waals surface area contributed by atoms with Gasteiger partial charge in [0.25, 0.3) is 0 Å². The molecular formula is C15H20ClN3O2S. The second-order valence-corrected chi connectivity index (χ2v) is 7.44. The fourth-order valence-corrected chi connectivity index (χ4v) is 4.70. The lowest BCUT2D eigenvalue weighted by molar-refractivity contribution is 0.245. The van der Waals surface area contributed by atoms with E-state index in [2.05, 4.69) is 10.3 Å². The Balaban J connectivity index is 0.00000176. The van der Waals surface area contributed by atoms with E-state index in [0.717, 1.165) is 10.8 Å². The number of piperazine rings is 1. The van der Waals surface area contributed by atoms with Gasteiger partial charge in [-0.3, -0.25) is 4.98 Å². The van der Waals surface area contributed by atoms with Crippen LogP contribution in [-0.2, 0) is 10.0 Å². The van der Waals surface area contributed by atoms with Crippen molar-refractivity contribution in [2.75, 3.05) is 13.1 Å². The Labute approximate surface area is 137 Å². The van der Waals surface area contributed by atoms with Crippen molar-refractivity contribution in [3.63, 3.8) is 0 Å². The van der Waals surface area contributed by atoms with Crippen molar-refractivity contribution in [1.82, 2.24) is 14.6 Å². The second kappa shape index (κ2) is 6.50. The molecule has 1 aliphatic heterocycles. The fourth-order valence-electron chi connectivity index (χ4n) is 2.77. The summed E-state index contributed by atoms with van der Waals surface area (Å²) in [6, 6.07) is 7.20. The first kappa shape index (κ1) is 17.1. The lowest BCUT2D eigenvalue weighted by Gasteiger charge is -2.36. The smallest absolute Gasteiger partial charge is 0.244 e. The van der Waals surface area contributed by atoms with Gasteiger partial charge in [-0.2, -0.15) is 4.31 Å². The van der Waals surface area contributed by atoms with Gasteiger partial charge in [0, 0.05) is 48.3 Å². The molecule has 2 heterocycles. The summed E-state index contributed by atoms with van der Waals surface area (Å²) in [4.78, 5) is 4.42. The van der Waals surface area contributed by atoms with Crippen molar-refractivity contribution < 1.29 is 8.42 Å². The highest BCUT2D eigenvalue weighted by Crippen LogP contribution is 2.27. The summed E-state index contributed by atoms with van der Waals surface area (Å²) in [6.45, 7) is 5.10. The molecule has 2 aromatic rings. The van der Waals surface area contributed by atoms with Crippen molar-refractivity contribution in [2.24, 2.45) is 0 Å². The first-order valence-electron chi connectivity index (χ1n) is 7.08. The number of sulfonamides is 1. The van der Waals surface area contributed by atoms with E-state index in [-0.39, 0.29) is 24.5 Å². The van der Waals surface area contributed by atoms with E-state index in [1.807, 2.05) is 19.9 Å². The number of benzene rings is 1. The molecular weight excluding hydrogens is 322 g/mol. The maximum Gasteiger partial charge on any atom is 0.244 e. The molecule has 5 nitrogen and oxygen atoms in total. The normalized spacial score (nSPS) is 23.2. The molecule has 3 rings (SSSR count). The topological polar surface area (TPSA) is 62.3 Å². The van der Waals surface area contributed by atoms with Gasteiger partial charge in [-0.15, -0.1) is 12.4 Å². The maximum absolute atomic E-state index is 13.0. The van der Waals surface area contributed by atoms with Gasteiger partial charge in [-0.05, 0) is 26.0 Å². The quantitative estimate of drug-likeness (QED) is 0.907. The van der Waals surface area contributed by atoms with Gasteiger partial charge < -0.3 is 5.32 Å². The predicted molar refractivity (Wildman–Crippen MR) is 89.8 cm³/mol. The third-order valence-electron chi connectivity index (χ3n) is 3.93. The lowest BCUT2D eigenvalue weighted by atomic mass is 10.2. The summed E-state index contributed by atoms with van der Waals surface area (Å²) >= 11 is 0. The summed E-state index contributed by atoms with van der Waals surface area (Å²) in [5.41, 5.74) is 0. The molecule has 1 saturated heterocycles. The van der Waals surface area contributed by atoms with Crippen LogP contribution in [0.1, 0.15) is 13.8 Å². The summed E-state index contributed by atoms with van der Waals surface area (Å²) in [5.74, 6) is 0. The number of hydrogen-bond donors (Lipinski definition) is 1. The van der Waals surface area contributed by atoms with Crippen LogP contribution in [0.2, 0.25) is 0 Å². The number of hydrogen-bond acceptors (Lipinski definition) is 4. The van der Waals surface area contributed by atoms with E-state index in [0.29, 0.717) is 18.0 Å². The molecule has 1 aromatic heterocycles. The highest BCUT2D eigenvalue weighted by Gasteiger charge is 2.34. The molecule has 1 aliphatic rings. The van der Waals surface area contributed by atoms with Crippen LogP contribution in [0.15, 0.2) is 41.6 Å². The molecule has 1 aromatic carbocycles. The predicted octanol–water partition coefficient (Wildman–Crippen LogP) is 2.03. The number of pyridine rings is 1. The van der Waals surface area contributed by atoms with Crippen LogP contribution in [0.25, 0.3) is 10.8 Å². The molecule has 0 bridgehead atoms. The van der Waals surface area contributed by atoms with Gasteiger partial charge in [-0.1, -0.05) is 12.1 Å². The number of aromatic nitrogens is 1. The minimum atomic E-state index is -3.51. The Morgan fingerprint density at radius 2 is 2.05 bits per heavy atom. The molecule has 0 saturated carbocycles. The van der Waals surface area contributed by atoms with E-state index < -0.39 is 10.0 Å². The largest absolute Gasteiger partial charge is 0.311 e. The van der Waals surface area contributed by atoms with Gasteiger partial charge in [0.2, 0.25) is 10.0 Å². The molecule has 22 heavy (non-hydrogen) atoms. The minimum absolute atomic E-state index is 0. The fraction of sp³-hybridized carbons (Fsp3) is 0.400. The Morgan fingerprint density at radius 1 is 1.27 bits per heavy atom. The van der Waals surface area contributed by atoms with Gasteiger partial charge in [0.15, 0.2) is 0 Å². The van der Waals surface area contributed by atoms with Crippen LogP contribution in [0, 0.1) is 0 Å². The minimum Gasteiger partial charge on any atom is -0.311 e. The SMILES string of the molecule is CC1CN(S(=O)(=O)c2cccc3cnccc23)C(C)CN1.Cl. The molecule has 120 valence electrons. The zero-order chi connectivity index (χ0) is 15.0. The first-order chi connectivity index (χ1) is 10.00. The summed E-state index contributed by atoms with van der Waals surface area (Å²) in [7, 11) is -3.51. The van der Waals surface area contributed by atoms with Gasteiger partial charge in [0.1, 0.15) is 0 Å². The second-order valence-electron chi connectivity index (χ2n) is 5.59. The van der Waals surface area contributed by atoms with Crippen LogP contribution >= 0.6 is 12.4 Å². The van der Waals surface area contributed by atoms with E-state index in [4.69, 9.17) is 0 Å². The average Bonchev–Trinajstić information content (AvgIpc) is 2.49. The maximum atomic E-state index is 13.0. The van der Waals surface area contributed by atoms with Gasteiger partial charge in [-0.25, -0.2) is 8.42 Å². The Morgan fingerprint density at radius 3 is 2.82 bits per heavy atom. The van der Waals surface area contributed by atoms with E-state index >= 15 is 0 Å². The Kier molecular flexibility index (Phi) is 5.07. The van der Waals surface area contributed by atoms with Crippen LogP contribution < -0.4 is 5.32 Å². The van der Waals surface area contributed by atoms with Crippen LogP contribution in [0.4, 0.5) is 0 Å².